The molecule has 6 heteroatoms. The molecule has 0 aliphatic carbocycles. The van der Waals surface area contributed by atoms with E-state index in [1.165, 1.54) is 4.90 Å². The van der Waals surface area contributed by atoms with Crippen LogP contribution in [0.3, 0.4) is 0 Å². The average molecular weight is 254 g/mol. The van der Waals surface area contributed by atoms with Gasteiger partial charge >= 0.3 is 0 Å². The molecule has 0 spiro atoms. The highest BCUT2D eigenvalue weighted by atomic mass is 19.1. The van der Waals surface area contributed by atoms with E-state index in [9.17, 15) is 18.4 Å². The zero-order valence-corrected chi connectivity index (χ0v) is 9.58. The van der Waals surface area contributed by atoms with Gasteiger partial charge in [-0.15, -0.1) is 0 Å². The Morgan fingerprint density at radius 2 is 1.89 bits per heavy atom. The van der Waals surface area contributed by atoms with E-state index >= 15 is 0 Å². The van der Waals surface area contributed by atoms with Crippen molar-refractivity contribution in [2.75, 3.05) is 19.6 Å². The predicted molar refractivity (Wildman–Crippen MR) is 59.9 cm³/mol. The van der Waals surface area contributed by atoms with E-state index in [1.54, 1.807) is 0 Å². The quantitative estimate of drug-likeness (QED) is 0.810. The molecular formula is C12H12F2N2O2. The van der Waals surface area contributed by atoms with Gasteiger partial charge < -0.3 is 10.2 Å². The van der Waals surface area contributed by atoms with Crippen molar-refractivity contribution in [2.45, 2.75) is 6.42 Å². The lowest BCUT2D eigenvalue weighted by Gasteiger charge is -2.18. The highest BCUT2D eigenvalue weighted by Gasteiger charge is 2.21. The molecule has 0 bridgehead atoms. The van der Waals surface area contributed by atoms with Gasteiger partial charge in [0.05, 0.1) is 6.54 Å². The second kappa shape index (κ2) is 5.12. The molecule has 1 aromatic carbocycles. The summed E-state index contributed by atoms with van der Waals surface area (Å²) in [7, 11) is 0. The van der Waals surface area contributed by atoms with Gasteiger partial charge in [0, 0.05) is 24.7 Å². The van der Waals surface area contributed by atoms with Gasteiger partial charge in [-0.2, -0.15) is 0 Å². The summed E-state index contributed by atoms with van der Waals surface area (Å²) in [5.41, 5.74) is -0.0813. The summed E-state index contributed by atoms with van der Waals surface area (Å²) in [6, 6.07) is 2.63. The summed E-state index contributed by atoms with van der Waals surface area (Å²) in [6.45, 7) is 0.798. The second-order valence-electron chi connectivity index (χ2n) is 4.09. The monoisotopic (exact) mass is 254 g/mol. The first-order chi connectivity index (χ1) is 8.56. The summed E-state index contributed by atoms with van der Waals surface area (Å²) >= 11 is 0. The van der Waals surface area contributed by atoms with Gasteiger partial charge in [-0.1, -0.05) is 0 Å². The molecule has 1 fully saturated rings. The van der Waals surface area contributed by atoms with E-state index in [1.807, 2.05) is 0 Å². The molecule has 1 N–H and O–H groups in total. The van der Waals surface area contributed by atoms with Gasteiger partial charge in [0.2, 0.25) is 5.91 Å². The molecule has 1 aliphatic heterocycles. The van der Waals surface area contributed by atoms with Crippen LogP contribution in [0.2, 0.25) is 0 Å². The minimum absolute atomic E-state index is 0.0813. The Morgan fingerprint density at radius 1 is 1.22 bits per heavy atom. The Kier molecular flexibility index (Phi) is 3.55. The summed E-state index contributed by atoms with van der Waals surface area (Å²) in [5, 5.41) is 2.62. The van der Waals surface area contributed by atoms with Crippen LogP contribution >= 0.6 is 0 Å². The van der Waals surface area contributed by atoms with Gasteiger partial charge in [0.1, 0.15) is 11.6 Å². The molecule has 0 atom stereocenters. The zero-order chi connectivity index (χ0) is 13.1. The first-order valence-corrected chi connectivity index (χ1v) is 5.58. The summed E-state index contributed by atoms with van der Waals surface area (Å²) in [4.78, 5) is 24.6. The Morgan fingerprint density at radius 3 is 2.56 bits per heavy atom. The number of amides is 2. The molecule has 1 aromatic rings. The van der Waals surface area contributed by atoms with E-state index in [-0.39, 0.29) is 18.0 Å². The van der Waals surface area contributed by atoms with Crippen molar-refractivity contribution in [1.29, 1.82) is 0 Å². The lowest BCUT2D eigenvalue weighted by Crippen LogP contribution is -2.37. The van der Waals surface area contributed by atoms with E-state index in [0.29, 0.717) is 25.6 Å². The maximum Gasteiger partial charge on any atom is 0.254 e. The maximum atomic E-state index is 13.0. The minimum Gasteiger partial charge on any atom is -0.354 e. The molecule has 4 nitrogen and oxygen atoms in total. The minimum atomic E-state index is -0.808. The average Bonchev–Trinajstić information content (AvgIpc) is 2.51. The first-order valence-electron chi connectivity index (χ1n) is 5.58. The van der Waals surface area contributed by atoms with Crippen LogP contribution in [0.1, 0.15) is 16.8 Å². The largest absolute Gasteiger partial charge is 0.354 e. The first kappa shape index (κ1) is 12.5. The molecule has 1 saturated heterocycles. The number of rotatable bonds is 1. The fourth-order valence-electron chi connectivity index (χ4n) is 1.84. The van der Waals surface area contributed by atoms with Crippen molar-refractivity contribution in [3.8, 4) is 0 Å². The second-order valence-corrected chi connectivity index (χ2v) is 4.09. The molecule has 1 aliphatic rings. The predicted octanol–water partition coefficient (Wildman–Crippen LogP) is 0.927. The summed E-state index contributed by atoms with van der Waals surface area (Å²) < 4.78 is 26.0. The molecule has 0 radical (unpaired) electrons. The van der Waals surface area contributed by atoms with Gasteiger partial charge in [-0.3, -0.25) is 9.59 Å². The number of halogens is 2. The van der Waals surface area contributed by atoms with Gasteiger partial charge in [0.15, 0.2) is 0 Å². The molecule has 18 heavy (non-hydrogen) atoms. The fraction of sp³-hybridized carbons (Fsp3) is 0.333. The fourth-order valence-corrected chi connectivity index (χ4v) is 1.84. The Balaban J connectivity index is 2.21. The van der Waals surface area contributed by atoms with Crippen LogP contribution in [-0.4, -0.2) is 36.3 Å². The van der Waals surface area contributed by atoms with Crippen LogP contribution in [0, 0.1) is 11.6 Å². The molecule has 96 valence electrons. The SMILES string of the molecule is O=C1CN(C(=O)c2cc(F)cc(F)c2)CCCN1. The van der Waals surface area contributed by atoms with E-state index < -0.39 is 17.5 Å². The number of carbonyl (C=O) groups is 2. The van der Waals surface area contributed by atoms with Gasteiger partial charge in [0.25, 0.3) is 5.91 Å². The number of benzene rings is 1. The third-order valence-corrected chi connectivity index (χ3v) is 2.66. The number of nitrogens with zero attached hydrogens (tertiary/aromatic N) is 1. The van der Waals surface area contributed by atoms with Crippen LogP contribution < -0.4 is 5.32 Å². The molecular weight excluding hydrogens is 242 g/mol. The van der Waals surface area contributed by atoms with Crippen molar-refractivity contribution in [1.82, 2.24) is 10.2 Å². The van der Waals surface area contributed by atoms with E-state index in [0.717, 1.165) is 12.1 Å². The van der Waals surface area contributed by atoms with Crippen molar-refractivity contribution in [3.63, 3.8) is 0 Å². The lowest BCUT2D eigenvalue weighted by atomic mass is 10.2. The Hall–Kier alpha value is -1.98. The summed E-state index contributed by atoms with van der Waals surface area (Å²) in [6.07, 6.45) is 0.620. The third kappa shape index (κ3) is 2.82. The van der Waals surface area contributed by atoms with Crippen LogP contribution in [-0.2, 0) is 4.79 Å². The third-order valence-electron chi connectivity index (χ3n) is 2.66. The lowest BCUT2D eigenvalue weighted by molar-refractivity contribution is -0.121. The topological polar surface area (TPSA) is 49.4 Å². The van der Waals surface area contributed by atoms with Crippen LogP contribution in [0.5, 0.6) is 0 Å². The molecule has 0 aromatic heterocycles. The van der Waals surface area contributed by atoms with Crippen LogP contribution in [0.25, 0.3) is 0 Å². The van der Waals surface area contributed by atoms with Crippen molar-refractivity contribution < 1.29 is 18.4 Å². The molecule has 0 saturated carbocycles. The Bertz CT molecular complexity index is 471. The Labute approximate surface area is 103 Å². The standard InChI is InChI=1S/C12H12F2N2O2/c13-9-4-8(5-10(14)6-9)12(18)16-3-1-2-15-11(17)7-16/h4-6H,1-3,7H2,(H,15,17). The zero-order valence-electron chi connectivity index (χ0n) is 9.58. The van der Waals surface area contributed by atoms with Gasteiger partial charge in [-0.25, -0.2) is 8.78 Å². The van der Waals surface area contributed by atoms with Crippen molar-refractivity contribution in [3.05, 3.63) is 35.4 Å². The number of carbonyl (C=O) groups excluding carboxylic acids is 2. The number of hydrogen-bond donors (Lipinski definition) is 1. The van der Waals surface area contributed by atoms with Crippen molar-refractivity contribution >= 4 is 11.8 Å². The molecule has 0 unspecified atom stereocenters. The number of nitrogens with one attached hydrogen (secondary N) is 1. The normalized spacial score (nSPS) is 16.1. The highest BCUT2D eigenvalue weighted by Crippen LogP contribution is 2.11. The van der Waals surface area contributed by atoms with Crippen molar-refractivity contribution in [2.24, 2.45) is 0 Å². The highest BCUT2D eigenvalue weighted by molar-refractivity contribution is 5.96. The maximum absolute atomic E-state index is 13.0. The van der Waals surface area contributed by atoms with E-state index in [4.69, 9.17) is 0 Å². The van der Waals surface area contributed by atoms with E-state index in [2.05, 4.69) is 5.32 Å². The number of hydrogen-bond acceptors (Lipinski definition) is 2. The smallest absolute Gasteiger partial charge is 0.254 e. The van der Waals surface area contributed by atoms with Gasteiger partial charge in [-0.05, 0) is 18.6 Å². The van der Waals surface area contributed by atoms with Crippen LogP contribution in [0.15, 0.2) is 18.2 Å². The molecule has 1 heterocycles. The summed E-state index contributed by atoms with van der Waals surface area (Å²) in [5.74, 6) is -2.42. The molecule has 2 amide bonds. The molecule has 2 rings (SSSR count). The van der Waals surface area contributed by atoms with Crippen LogP contribution in [0.4, 0.5) is 8.78 Å².